The molecule has 4 nitrogen and oxygen atoms in total. The zero-order valence-electron chi connectivity index (χ0n) is 12.0. The van der Waals surface area contributed by atoms with Gasteiger partial charge in [-0.05, 0) is 30.0 Å². The first-order valence-electron chi connectivity index (χ1n) is 7.23. The Morgan fingerprint density at radius 1 is 1.38 bits per heavy atom. The summed E-state index contributed by atoms with van der Waals surface area (Å²) in [6, 6.07) is 7.68. The lowest BCUT2D eigenvalue weighted by Crippen LogP contribution is -2.26. The molecular weight excluding hydrogens is 284 g/mol. The van der Waals surface area contributed by atoms with E-state index in [1.807, 2.05) is 12.1 Å². The second-order valence-corrected chi connectivity index (χ2v) is 5.99. The van der Waals surface area contributed by atoms with Crippen molar-refractivity contribution in [3.05, 3.63) is 45.8 Å². The number of nitrogens with one attached hydrogen (secondary N) is 1. The van der Waals surface area contributed by atoms with Crippen LogP contribution in [0, 0.1) is 0 Å². The Hall–Kier alpha value is -1.75. The minimum atomic E-state index is -0.287. The number of nitrogens with zero attached hydrogens (tertiary/aromatic N) is 1. The highest BCUT2D eigenvalue weighted by atomic mass is 32.2. The Kier molecular flexibility index (Phi) is 4.29. The van der Waals surface area contributed by atoms with Gasteiger partial charge in [0.1, 0.15) is 5.58 Å². The van der Waals surface area contributed by atoms with Gasteiger partial charge in [0.05, 0.1) is 0 Å². The van der Waals surface area contributed by atoms with Crippen LogP contribution in [0.15, 0.2) is 38.5 Å². The van der Waals surface area contributed by atoms with Gasteiger partial charge in [0.15, 0.2) is 5.17 Å². The van der Waals surface area contributed by atoms with Crippen LogP contribution in [0.4, 0.5) is 0 Å². The van der Waals surface area contributed by atoms with Gasteiger partial charge in [-0.2, -0.15) is 0 Å². The third-order valence-corrected chi connectivity index (χ3v) is 4.54. The number of rotatable bonds is 3. The average Bonchev–Trinajstić information content (AvgIpc) is 2.52. The Balaban J connectivity index is 1.90. The van der Waals surface area contributed by atoms with Crippen LogP contribution in [0.5, 0.6) is 0 Å². The summed E-state index contributed by atoms with van der Waals surface area (Å²) in [5.74, 6) is 0.722. The number of hydrogen-bond donors (Lipinski definition) is 1. The van der Waals surface area contributed by atoms with Crippen molar-refractivity contribution in [3.8, 4) is 0 Å². The molecule has 110 valence electrons. The number of fused-ring (bicyclic) bond motifs is 1. The van der Waals surface area contributed by atoms with Crippen LogP contribution in [0.25, 0.3) is 11.0 Å². The Labute approximate surface area is 127 Å². The maximum Gasteiger partial charge on any atom is 0.336 e. The number of aryl methyl sites for hydroxylation is 1. The fourth-order valence-electron chi connectivity index (χ4n) is 2.37. The standard InChI is InChI=1S/C16H18N2O2S/c1-2-11-4-5-13-12(9-15(19)20-14(13)8-11)10-21-16-17-6-3-7-18-16/h4-5,8-9H,2-3,6-7,10H2,1H3,(H,17,18). The Morgan fingerprint density at radius 2 is 2.29 bits per heavy atom. The molecule has 2 aromatic rings. The fraction of sp³-hybridized carbons (Fsp3) is 0.375. The molecule has 0 spiro atoms. The third kappa shape index (κ3) is 3.29. The molecule has 1 aromatic carbocycles. The Bertz CT molecular complexity index is 737. The lowest BCUT2D eigenvalue weighted by atomic mass is 10.1. The maximum atomic E-state index is 11.7. The first kappa shape index (κ1) is 14.2. The lowest BCUT2D eigenvalue weighted by Gasteiger charge is -2.14. The highest BCUT2D eigenvalue weighted by Gasteiger charge is 2.09. The van der Waals surface area contributed by atoms with E-state index in [-0.39, 0.29) is 5.63 Å². The van der Waals surface area contributed by atoms with Gasteiger partial charge in [0, 0.05) is 30.3 Å². The van der Waals surface area contributed by atoms with Crippen LogP contribution in [-0.2, 0) is 12.2 Å². The first-order valence-corrected chi connectivity index (χ1v) is 8.21. The quantitative estimate of drug-likeness (QED) is 0.886. The van der Waals surface area contributed by atoms with Crippen LogP contribution in [0.3, 0.4) is 0 Å². The molecule has 0 bridgehead atoms. The summed E-state index contributed by atoms with van der Waals surface area (Å²) >= 11 is 1.64. The summed E-state index contributed by atoms with van der Waals surface area (Å²) in [6.45, 7) is 3.95. The van der Waals surface area contributed by atoms with Gasteiger partial charge in [-0.15, -0.1) is 0 Å². The summed E-state index contributed by atoms with van der Waals surface area (Å²) < 4.78 is 5.33. The third-order valence-electron chi connectivity index (χ3n) is 3.53. The fourth-order valence-corrected chi connectivity index (χ4v) is 3.29. The number of aliphatic imine (C=N–C) groups is 1. The predicted molar refractivity (Wildman–Crippen MR) is 88.1 cm³/mol. The van der Waals surface area contributed by atoms with E-state index < -0.39 is 0 Å². The molecule has 0 fully saturated rings. The van der Waals surface area contributed by atoms with E-state index in [0.29, 0.717) is 5.58 Å². The van der Waals surface area contributed by atoms with Gasteiger partial charge < -0.3 is 9.73 Å². The molecular formula is C16H18N2O2S. The number of amidine groups is 1. The summed E-state index contributed by atoms with van der Waals surface area (Å²) in [4.78, 5) is 16.2. The van der Waals surface area contributed by atoms with Crippen molar-refractivity contribution in [1.29, 1.82) is 0 Å². The van der Waals surface area contributed by atoms with Gasteiger partial charge in [-0.1, -0.05) is 30.8 Å². The molecule has 1 N–H and O–H groups in total. The van der Waals surface area contributed by atoms with Crippen LogP contribution in [0.1, 0.15) is 24.5 Å². The normalized spacial score (nSPS) is 14.8. The average molecular weight is 302 g/mol. The lowest BCUT2D eigenvalue weighted by molar-refractivity contribution is 0.559. The molecule has 0 atom stereocenters. The molecule has 1 aliphatic heterocycles. The molecule has 0 unspecified atom stereocenters. The number of benzene rings is 1. The highest BCUT2D eigenvalue weighted by molar-refractivity contribution is 8.13. The molecule has 2 heterocycles. The number of thioether (sulfide) groups is 1. The smallest absolute Gasteiger partial charge is 0.336 e. The highest BCUT2D eigenvalue weighted by Crippen LogP contribution is 2.23. The van der Waals surface area contributed by atoms with Crippen LogP contribution < -0.4 is 10.9 Å². The van der Waals surface area contributed by atoms with Crippen molar-refractivity contribution in [3.63, 3.8) is 0 Å². The summed E-state index contributed by atoms with van der Waals surface area (Å²) in [5.41, 5.74) is 2.57. The largest absolute Gasteiger partial charge is 0.423 e. The molecule has 0 aliphatic carbocycles. The van der Waals surface area contributed by atoms with Gasteiger partial charge >= 0.3 is 5.63 Å². The minimum Gasteiger partial charge on any atom is -0.423 e. The second-order valence-electron chi connectivity index (χ2n) is 5.03. The molecule has 0 saturated heterocycles. The van der Waals surface area contributed by atoms with E-state index in [0.717, 1.165) is 47.8 Å². The SMILES string of the molecule is CCc1ccc2c(CSC3=NCCCN3)cc(=O)oc2c1. The summed E-state index contributed by atoms with van der Waals surface area (Å²) in [5, 5.41) is 5.26. The van der Waals surface area contributed by atoms with E-state index in [9.17, 15) is 4.79 Å². The van der Waals surface area contributed by atoms with Crippen molar-refractivity contribution >= 4 is 27.9 Å². The first-order chi connectivity index (χ1) is 10.3. The van der Waals surface area contributed by atoms with E-state index >= 15 is 0 Å². The summed E-state index contributed by atoms with van der Waals surface area (Å²) in [6.07, 6.45) is 2.01. The van der Waals surface area contributed by atoms with E-state index in [1.165, 1.54) is 5.56 Å². The number of hydrogen-bond acceptors (Lipinski definition) is 5. The van der Waals surface area contributed by atoms with E-state index in [4.69, 9.17) is 4.42 Å². The zero-order chi connectivity index (χ0) is 14.7. The second kappa shape index (κ2) is 6.35. The topological polar surface area (TPSA) is 54.6 Å². The summed E-state index contributed by atoms with van der Waals surface area (Å²) in [7, 11) is 0. The molecule has 0 amide bonds. The van der Waals surface area contributed by atoms with E-state index in [2.05, 4.69) is 23.3 Å². The van der Waals surface area contributed by atoms with Gasteiger partial charge in [-0.3, -0.25) is 4.99 Å². The van der Waals surface area contributed by atoms with Gasteiger partial charge in [-0.25, -0.2) is 4.79 Å². The minimum absolute atomic E-state index is 0.287. The van der Waals surface area contributed by atoms with Crippen molar-refractivity contribution < 1.29 is 4.42 Å². The van der Waals surface area contributed by atoms with Crippen LogP contribution in [0.2, 0.25) is 0 Å². The van der Waals surface area contributed by atoms with Crippen LogP contribution in [-0.4, -0.2) is 18.3 Å². The molecule has 3 rings (SSSR count). The Morgan fingerprint density at radius 3 is 3.05 bits per heavy atom. The van der Waals surface area contributed by atoms with Crippen LogP contribution >= 0.6 is 11.8 Å². The monoisotopic (exact) mass is 302 g/mol. The zero-order valence-corrected chi connectivity index (χ0v) is 12.8. The van der Waals surface area contributed by atoms with Crippen molar-refractivity contribution in [2.45, 2.75) is 25.5 Å². The molecule has 21 heavy (non-hydrogen) atoms. The van der Waals surface area contributed by atoms with Crippen molar-refractivity contribution in [2.24, 2.45) is 4.99 Å². The molecule has 5 heteroatoms. The predicted octanol–water partition coefficient (Wildman–Crippen LogP) is 2.94. The molecule has 1 aromatic heterocycles. The van der Waals surface area contributed by atoms with Crippen molar-refractivity contribution in [2.75, 3.05) is 13.1 Å². The van der Waals surface area contributed by atoms with Gasteiger partial charge in [0.2, 0.25) is 0 Å². The van der Waals surface area contributed by atoms with E-state index in [1.54, 1.807) is 17.8 Å². The van der Waals surface area contributed by atoms with Crippen molar-refractivity contribution in [1.82, 2.24) is 5.32 Å². The maximum absolute atomic E-state index is 11.7. The van der Waals surface area contributed by atoms with Gasteiger partial charge in [0.25, 0.3) is 0 Å². The molecule has 0 saturated carbocycles. The molecule has 0 radical (unpaired) electrons. The molecule has 1 aliphatic rings.